The van der Waals surface area contributed by atoms with E-state index in [-0.39, 0.29) is 5.91 Å². The fourth-order valence-electron chi connectivity index (χ4n) is 3.06. The lowest BCUT2D eigenvalue weighted by Crippen LogP contribution is -2.43. The zero-order valence-electron chi connectivity index (χ0n) is 11.6. The Hall–Kier alpha value is -1.35. The van der Waals surface area contributed by atoms with Gasteiger partial charge in [0.15, 0.2) is 0 Å². The summed E-state index contributed by atoms with van der Waals surface area (Å²) in [6.07, 6.45) is 5.27. The normalized spacial score (nSPS) is 20.9. The van der Waals surface area contributed by atoms with Crippen molar-refractivity contribution in [3.63, 3.8) is 0 Å². The molecule has 1 aliphatic carbocycles. The molecule has 1 aromatic rings. The van der Waals surface area contributed by atoms with Gasteiger partial charge in [0.25, 0.3) is 0 Å². The van der Waals surface area contributed by atoms with Crippen molar-refractivity contribution < 1.29 is 4.79 Å². The Morgan fingerprint density at radius 2 is 2.11 bits per heavy atom. The molecule has 0 radical (unpaired) electrons. The predicted octanol–water partition coefficient (Wildman–Crippen LogP) is 2.35. The minimum absolute atomic E-state index is 0.283. The highest BCUT2D eigenvalue weighted by atomic mass is 16.2. The Kier molecular flexibility index (Phi) is 3.56. The van der Waals surface area contributed by atoms with Crippen LogP contribution in [0, 0.1) is 5.92 Å². The first-order chi connectivity index (χ1) is 9.29. The Bertz CT molecular complexity index is 468. The predicted molar refractivity (Wildman–Crippen MR) is 77.3 cm³/mol. The van der Waals surface area contributed by atoms with Crippen molar-refractivity contribution in [3.05, 3.63) is 29.8 Å². The quantitative estimate of drug-likeness (QED) is 0.899. The van der Waals surface area contributed by atoms with Crippen molar-refractivity contribution in [3.8, 4) is 0 Å². The molecule has 1 heterocycles. The lowest BCUT2D eigenvalue weighted by molar-refractivity contribution is -0.118. The molecule has 2 aliphatic rings. The van der Waals surface area contributed by atoms with Crippen LogP contribution in [0.2, 0.25) is 0 Å². The Balaban J connectivity index is 1.86. The van der Waals surface area contributed by atoms with Gasteiger partial charge in [-0.15, -0.1) is 0 Å². The van der Waals surface area contributed by atoms with Crippen molar-refractivity contribution in [2.24, 2.45) is 5.92 Å². The van der Waals surface area contributed by atoms with Crippen molar-refractivity contribution in [1.29, 1.82) is 0 Å². The number of carbonyl (C=O) groups excluding carboxylic acids is 1. The number of likely N-dealkylation sites (N-methyl/N-ethyl adjacent to an activating group) is 1. The molecule has 1 saturated carbocycles. The maximum atomic E-state index is 12.4. The van der Waals surface area contributed by atoms with Crippen molar-refractivity contribution in [2.75, 3.05) is 18.5 Å². The fourth-order valence-corrected chi connectivity index (χ4v) is 3.06. The fraction of sp³-hybridized carbons (Fsp3) is 0.562. The highest BCUT2D eigenvalue weighted by Gasteiger charge is 2.33. The molecule has 0 saturated heterocycles. The molecule has 0 aromatic heterocycles. The Morgan fingerprint density at radius 1 is 1.32 bits per heavy atom. The van der Waals surface area contributed by atoms with E-state index >= 15 is 0 Å². The van der Waals surface area contributed by atoms with Crippen LogP contribution in [0.1, 0.15) is 31.2 Å². The molecule has 1 atom stereocenters. The molecule has 1 aromatic carbocycles. The van der Waals surface area contributed by atoms with Crippen LogP contribution in [0.4, 0.5) is 5.69 Å². The van der Waals surface area contributed by atoms with Crippen LogP contribution < -0.4 is 10.2 Å². The molecule has 1 fully saturated rings. The highest BCUT2D eigenvalue weighted by molar-refractivity contribution is 5.94. The van der Waals surface area contributed by atoms with E-state index in [4.69, 9.17) is 0 Å². The van der Waals surface area contributed by atoms with Gasteiger partial charge in [0.1, 0.15) is 0 Å². The standard InChI is InChI=1S/C16H22N2O/c1-17-14(12-9-10-12)11-18-15-7-3-2-5-13(15)6-4-8-16(18)19/h2-3,5,7,12,14,17H,4,6,8-11H2,1H3. The number of rotatable bonds is 4. The maximum Gasteiger partial charge on any atom is 0.227 e. The summed E-state index contributed by atoms with van der Waals surface area (Å²) < 4.78 is 0. The van der Waals surface area contributed by atoms with E-state index in [0.717, 1.165) is 31.0 Å². The summed E-state index contributed by atoms with van der Waals surface area (Å²) >= 11 is 0. The summed E-state index contributed by atoms with van der Waals surface area (Å²) in [5.74, 6) is 1.04. The summed E-state index contributed by atoms with van der Waals surface area (Å²) in [4.78, 5) is 14.4. The van der Waals surface area contributed by atoms with E-state index in [9.17, 15) is 4.79 Å². The van der Waals surface area contributed by atoms with E-state index in [1.807, 2.05) is 18.0 Å². The number of aryl methyl sites for hydroxylation is 1. The number of fused-ring (bicyclic) bond motifs is 1. The minimum atomic E-state index is 0.283. The monoisotopic (exact) mass is 258 g/mol. The molecule has 3 rings (SSSR count). The van der Waals surface area contributed by atoms with Crippen molar-refractivity contribution in [1.82, 2.24) is 5.32 Å². The van der Waals surface area contributed by atoms with Gasteiger partial charge in [-0.25, -0.2) is 0 Å². The van der Waals surface area contributed by atoms with E-state index < -0.39 is 0 Å². The number of nitrogens with zero attached hydrogens (tertiary/aromatic N) is 1. The smallest absolute Gasteiger partial charge is 0.227 e. The SMILES string of the molecule is CNC(CN1C(=O)CCCc2ccccc21)C1CC1. The van der Waals surface area contributed by atoms with Gasteiger partial charge >= 0.3 is 0 Å². The number of carbonyl (C=O) groups is 1. The van der Waals surface area contributed by atoms with Crippen molar-refractivity contribution >= 4 is 11.6 Å². The van der Waals surface area contributed by atoms with Gasteiger partial charge in [0.05, 0.1) is 0 Å². The van der Waals surface area contributed by atoms with Gasteiger partial charge in [-0.05, 0) is 50.3 Å². The van der Waals surface area contributed by atoms with Crippen LogP contribution in [-0.2, 0) is 11.2 Å². The number of para-hydroxylation sites is 1. The number of amides is 1. The largest absolute Gasteiger partial charge is 0.315 e. The first-order valence-corrected chi connectivity index (χ1v) is 7.35. The van der Waals surface area contributed by atoms with Crippen LogP contribution in [-0.4, -0.2) is 25.5 Å². The van der Waals surface area contributed by atoms with Gasteiger partial charge < -0.3 is 10.2 Å². The summed E-state index contributed by atoms with van der Waals surface area (Å²) in [5.41, 5.74) is 2.45. The van der Waals surface area contributed by atoms with Gasteiger partial charge in [-0.2, -0.15) is 0 Å². The lowest BCUT2D eigenvalue weighted by atomic mass is 10.1. The molecule has 0 bridgehead atoms. The molecule has 19 heavy (non-hydrogen) atoms. The van der Waals surface area contributed by atoms with E-state index in [2.05, 4.69) is 23.5 Å². The second-order valence-corrected chi connectivity index (χ2v) is 5.72. The van der Waals surface area contributed by atoms with Gasteiger partial charge in [0, 0.05) is 24.7 Å². The molecular weight excluding hydrogens is 236 g/mol. The average molecular weight is 258 g/mol. The minimum Gasteiger partial charge on any atom is -0.315 e. The third kappa shape index (κ3) is 2.66. The van der Waals surface area contributed by atoms with E-state index in [0.29, 0.717) is 12.5 Å². The van der Waals surface area contributed by atoms with Crippen LogP contribution in [0.5, 0.6) is 0 Å². The second kappa shape index (κ2) is 5.33. The Labute approximate surface area is 115 Å². The topological polar surface area (TPSA) is 32.3 Å². The summed E-state index contributed by atoms with van der Waals surface area (Å²) in [6.45, 7) is 0.816. The average Bonchev–Trinajstić information content (AvgIpc) is 3.25. The maximum absolute atomic E-state index is 12.4. The molecule has 1 aliphatic heterocycles. The molecule has 3 nitrogen and oxygen atoms in total. The van der Waals surface area contributed by atoms with Crippen molar-refractivity contribution in [2.45, 2.75) is 38.1 Å². The zero-order chi connectivity index (χ0) is 13.2. The van der Waals surface area contributed by atoms with E-state index in [1.165, 1.54) is 18.4 Å². The molecule has 1 unspecified atom stereocenters. The number of nitrogens with one attached hydrogen (secondary N) is 1. The number of benzene rings is 1. The van der Waals surface area contributed by atoms with Gasteiger partial charge in [0.2, 0.25) is 5.91 Å². The van der Waals surface area contributed by atoms with Gasteiger partial charge in [-0.3, -0.25) is 4.79 Å². The lowest BCUT2D eigenvalue weighted by Gasteiger charge is -2.28. The molecule has 3 heteroatoms. The second-order valence-electron chi connectivity index (χ2n) is 5.72. The molecule has 102 valence electrons. The van der Waals surface area contributed by atoms with Crippen LogP contribution >= 0.6 is 0 Å². The first kappa shape index (κ1) is 12.7. The number of hydrogen-bond acceptors (Lipinski definition) is 2. The van der Waals surface area contributed by atoms with Gasteiger partial charge in [-0.1, -0.05) is 18.2 Å². The van der Waals surface area contributed by atoms with Crippen LogP contribution in [0.3, 0.4) is 0 Å². The summed E-state index contributed by atoms with van der Waals surface area (Å²) in [6, 6.07) is 8.80. The zero-order valence-corrected chi connectivity index (χ0v) is 11.6. The highest BCUT2D eigenvalue weighted by Crippen LogP contribution is 2.34. The Morgan fingerprint density at radius 3 is 2.84 bits per heavy atom. The van der Waals surface area contributed by atoms with Crippen LogP contribution in [0.25, 0.3) is 0 Å². The third-order valence-corrected chi connectivity index (χ3v) is 4.36. The summed E-state index contributed by atoms with van der Waals surface area (Å²) in [5, 5.41) is 3.39. The molecule has 1 N–H and O–H groups in total. The number of anilines is 1. The molecular formula is C16H22N2O. The number of hydrogen-bond donors (Lipinski definition) is 1. The third-order valence-electron chi connectivity index (χ3n) is 4.36. The summed E-state index contributed by atoms with van der Waals surface area (Å²) in [7, 11) is 2.01. The first-order valence-electron chi connectivity index (χ1n) is 7.35. The molecule has 1 amide bonds. The van der Waals surface area contributed by atoms with E-state index in [1.54, 1.807) is 0 Å². The van der Waals surface area contributed by atoms with Crippen LogP contribution in [0.15, 0.2) is 24.3 Å². The molecule has 0 spiro atoms.